The fourth-order valence-corrected chi connectivity index (χ4v) is 2.00. The summed E-state index contributed by atoms with van der Waals surface area (Å²) >= 11 is 0. The highest BCUT2D eigenvalue weighted by Gasteiger charge is 2.25. The number of aromatic nitrogens is 2. The van der Waals surface area contributed by atoms with Crippen molar-refractivity contribution >= 4 is 17.3 Å². The number of nitrogens with zero attached hydrogens (tertiary/aromatic N) is 3. The molecule has 0 bridgehead atoms. The second-order valence-electron chi connectivity index (χ2n) is 4.27. The Morgan fingerprint density at radius 2 is 2.32 bits per heavy atom. The summed E-state index contributed by atoms with van der Waals surface area (Å²) in [4.78, 5) is 18.6. The molecule has 0 spiro atoms. The second-order valence-corrected chi connectivity index (χ2v) is 4.27. The minimum absolute atomic E-state index is 0.0526. The molecule has 2 N–H and O–H groups in total. The van der Waals surface area contributed by atoms with Crippen molar-refractivity contribution < 1.29 is 9.66 Å². The predicted molar refractivity (Wildman–Crippen MR) is 70.3 cm³/mol. The zero-order valence-electron chi connectivity index (χ0n) is 10.8. The van der Waals surface area contributed by atoms with Crippen LogP contribution in [0.1, 0.15) is 19.8 Å². The number of nitrogens with one attached hydrogen (secondary N) is 2. The summed E-state index contributed by atoms with van der Waals surface area (Å²) in [6, 6.07) is 0.0526. The molecule has 1 aliphatic rings. The molecule has 1 aliphatic heterocycles. The van der Waals surface area contributed by atoms with E-state index in [4.69, 9.17) is 4.74 Å². The van der Waals surface area contributed by atoms with E-state index in [2.05, 4.69) is 20.6 Å². The van der Waals surface area contributed by atoms with Crippen LogP contribution in [0.5, 0.6) is 0 Å². The molecular formula is C11H17N5O3. The van der Waals surface area contributed by atoms with Gasteiger partial charge in [0.25, 0.3) is 0 Å². The third-order valence-electron chi connectivity index (χ3n) is 2.85. The topological polar surface area (TPSA) is 102 Å². The third-order valence-corrected chi connectivity index (χ3v) is 2.85. The van der Waals surface area contributed by atoms with Crippen LogP contribution in [0.3, 0.4) is 0 Å². The first-order chi connectivity index (χ1) is 9.22. The SMILES string of the molecule is CCNc1ncnc(NC2CCCOC2)c1[N+](=O)[O-]. The highest BCUT2D eigenvalue weighted by molar-refractivity contribution is 5.69. The Labute approximate surface area is 110 Å². The average Bonchev–Trinajstić information content (AvgIpc) is 2.40. The molecule has 8 heteroatoms. The van der Waals surface area contributed by atoms with Crippen LogP contribution in [0.15, 0.2) is 6.33 Å². The summed E-state index contributed by atoms with van der Waals surface area (Å²) in [7, 11) is 0. The maximum absolute atomic E-state index is 11.2. The van der Waals surface area contributed by atoms with E-state index in [1.165, 1.54) is 6.33 Å². The summed E-state index contributed by atoms with van der Waals surface area (Å²) in [5.74, 6) is 0.480. The molecule has 2 rings (SSSR count). The van der Waals surface area contributed by atoms with E-state index in [-0.39, 0.29) is 23.4 Å². The van der Waals surface area contributed by atoms with Crippen molar-refractivity contribution in [2.45, 2.75) is 25.8 Å². The van der Waals surface area contributed by atoms with Gasteiger partial charge in [0.2, 0.25) is 11.6 Å². The third kappa shape index (κ3) is 3.28. The molecule has 1 unspecified atom stereocenters. The molecule has 1 atom stereocenters. The molecule has 2 heterocycles. The largest absolute Gasteiger partial charge is 0.379 e. The lowest BCUT2D eigenvalue weighted by Gasteiger charge is -2.23. The van der Waals surface area contributed by atoms with Gasteiger partial charge in [-0.1, -0.05) is 0 Å². The summed E-state index contributed by atoms with van der Waals surface area (Å²) in [5, 5.41) is 17.1. The van der Waals surface area contributed by atoms with E-state index < -0.39 is 4.92 Å². The number of nitro groups is 1. The van der Waals surface area contributed by atoms with E-state index in [0.29, 0.717) is 13.2 Å². The zero-order chi connectivity index (χ0) is 13.7. The van der Waals surface area contributed by atoms with Crippen molar-refractivity contribution in [1.82, 2.24) is 9.97 Å². The van der Waals surface area contributed by atoms with Crippen molar-refractivity contribution in [2.24, 2.45) is 0 Å². The first-order valence-corrected chi connectivity index (χ1v) is 6.30. The van der Waals surface area contributed by atoms with Gasteiger partial charge in [-0.25, -0.2) is 9.97 Å². The molecule has 1 aromatic rings. The van der Waals surface area contributed by atoms with Gasteiger partial charge in [0.15, 0.2) is 0 Å². The summed E-state index contributed by atoms with van der Waals surface area (Å²) in [6.07, 6.45) is 3.17. The van der Waals surface area contributed by atoms with Crippen molar-refractivity contribution in [1.29, 1.82) is 0 Å². The maximum Gasteiger partial charge on any atom is 0.353 e. The van der Waals surface area contributed by atoms with Gasteiger partial charge in [-0.3, -0.25) is 10.1 Å². The Hall–Kier alpha value is -1.96. The quantitative estimate of drug-likeness (QED) is 0.614. The van der Waals surface area contributed by atoms with E-state index in [9.17, 15) is 10.1 Å². The van der Waals surface area contributed by atoms with Crippen LogP contribution in [0.2, 0.25) is 0 Å². The minimum atomic E-state index is -0.468. The summed E-state index contributed by atoms with van der Waals surface area (Å²) < 4.78 is 5.34. The lowest BCUT2D eigenvalue weighted by atomic mass is 10.1. The van der Waals surface area contributed by atoms with E-state index in [1.54, 1.807) is 0 Å². The number of hydrogen-bond donors (Lipinski definition) is 2. The minimum Gasteiger partial charge on any atom is -0.379 e. The van der Waals surface area contributed by atoms with Gasteiger partial charge in [-0.05, 0) is 19.8 Å². The Balaban J connectivity index is 2.22. The predicted octanol–water partition coefficient (Wildman–Crippen LogP) is 1.41. The highest BCUT2D eigenvalue weighted by atomic mass is 16.6. The smallest absolute Gasteiger partial charge is 0.353 e. The van der Waals surface area contributed by atoms with Gasteiger partial charge < -0.3 is 15.4 Å². The van der Waals surface area contributed by atoms with Crippen LogP contribution in [0.4, 0.5) is 17.3 Å². The standard InChI is InChI=1S/C11H17N5O3/c1-2-12-10-9(16(17)18)11(14-7-13-10)15-8-4-3-5-19-6-8/h7-8H,2-6H2,1H3,(H2,12,13,14,15). The van der Waals surface area contributed by atoms with Gasteiger partial charge in [0.1, 0.15) is 6.33 Å². The Morgan fingerprint density at radius 3 is 2.95 bits per heavy atom. The average molecular weight is 267 g/mol. The lowest BCUT2D eigenvalue weighted by molar-refractivity contribution is -0.383. The van der Waals surface area contributed by atoms with Gasteiger partial charge >= 0.3 is 5.69 Å². The van der Waals surface area contributed by atoms with Gasteiger partial charge in [-0.15, -0.1) is 0 Å². The molecule has 1 aromatic heterocycles. The van der Waals surface area contributed by atoms with Gasteiger partial charge in [0.05, 0.1) is 17.6 Å². The van der Waals surface area contributed by atoms with E-state index in [0.717, 1.165) is 19.4 Å². The first-order valence-electron chi connectivity index (χ1n) is 6.30. The fourth-order valence-electron chi connectivity index (χ4n) is 2.00. The second kappa shape index (κ2) is 6.28. The van der Waals surface area contributed by atoms with Gasteiger partial charge in [-0.2, -0.15) is 0 Å². The van der Waals surface area contributed by atoms with Crippen molar-refractivity contribution in [3.63, 3.8) is 0 Å². The van der Waals surface area contributed by atoms with Crippen LogP contribution >= 0.6 is 0 Å². The molecule has 0 aromatic carbocycles. The van der Waals surface area contributed by atoms with Crippen LogP contribution < -0.4 is 10.6 Å². The Kier molecular flexibility index (Phi) is 4.45. The molecule has 19 heavy (non-hydrogen) atoms. The van der Waals surface area contributed by atoms with Crippen molar-refractivity contribution in [2.75, 3.05) is 30.4 Å². The number of ether oxygens (including phenoxy) is 1. The fraction of sp³-hybridized carbons (Fsp3) is 0.636. The highest BCUT2D eigenvalue weighted by Crippen LogP contribution is 2.29. The first kappa shape index (κ1) is 13.5. The van der Waals surface area contributed by atoms with Crippen molar-refractivity contribution in [3.8, 4) is 0 Å². The summed E-state index contributed by atoms with van der Waals surface area (Å²) in [5.41, 5.74) is -0.116. The van der Waals surface area contributed by atoms with Crippen LogP contribution in [0.25, 0.3) is 0 Å². The Bertz CT molecular complexity index is 448. The summed E-state index contributed by atoms with van der Waals surface area (Å²) in [6.45, 7) is 3.70. The molecule has 1 saturated heterocycles. The lowest BCUT2D eigenvalue weighted by Crippen LogP contribution is -2.30. The Morgan fingerprint density at radius 1 is 1.53 bits per heavy atom. The maximum atomic E-state index is 11.2. The number of rotatable bonds is 5. The number of hydrogen-bond acceptors (Lipinski definition) is 7. The van der Waals surface area contributed by atoms with Crippen molar-refractivity contribution in [3.05, 3.63) is 16.4 Å². The van der Waals surface area contributed by atoms with Gasteiger partial charge in [0, 0.05) is 13.2 Å². The molecule has 0 radical (unpaired) electrons. The molecule has 0 aliphatic carbocycles. The molecule has 8 nitrogen and oxygen atoms in total. The monoisotopic (exact) mass is 267 g/mol. The molecule has 104 valence electrons. The van der Waals surface area contributed by atoms with Crippen LogP contribution in [0, 0.1) is 10.1 Å². The van der Waals surface area contributed by atoms with E-state index in [1.807, 2.05) is 6.92 Å². The number of anilines is 2. The zero-order valence-corrected chi connectivity index (χ0v) is 10.8. The molecule has 0 amide bonds. The van der Waals surface area contributed by atoms with E-state index >= 15 is 0 Å². The van der Waals surface area contributed by atoms with Crippen LogP contribution in [-0.2, 0) is 4.74 Å². The molecular weight excluding hydrogens is 250 g/mol. The molecule has 0 saturated carbocycles. The normalized spacial score (nSPS) is 18.9. The molecule has 1 fully saturated rings. The van der Waals surface area contributed by atoms with Crippen LogP contribution in [-0.4, -0.2) is 40.7 Å².